The molecule has 0 amide bonds. The summed E-state index contributed by atoms with van der Waals surface area (Å²) in [5.41, 5.74) is 8.06. The number of anilines is 1. The molecule has 0 saturated carbocycles. The Morgan fingerprint density at radius 1 is 1.56 bits per heavy atom. The molecule has 1 aromatic rings. The predicted molar refractivity (Wildman–Crippen MR) is 63.8 cm³/mol. The molecule has 0 aromatic heterocycles. The van der Waals surface area contributed by atoms with Crippen molar-refractivity contribution >= 4 is 5.69 Å². The van der Waals surface area contributed by atoms with Crippen molar-refractivity contribution in [1.29, 1.82) is 0 Å². The molecule has 16 heavy (non-hydrogen) atoms. The monoisotopic (exact) mass is 222 g/mol. The van der Waals surface area contributed by atoms with Gasteiger partial charge >= 0.3 is 0 Å². The second kappa shape index (κ2) is 4.72. The Morgan fingerprint density at radius 3 is 3.12 bits per heavy atom. The zero-order valence-electron chi connectivity index (χ0n) is 9.52. The highest BCUT2D eigenvalue weighted by Gasteiger charge is 2.16. The number of hydrogen-bond donors (Lipinski definition) is 2. The number of rotatable bonds is 3. The van der Waals surface area contributed by atoms with Crippen LogP contribution in [0.25, 0.3) is 0 Å². The van der Waals surface area contributed by atoms with E-state index < -0.39 is 0 Å². The number of nitrogens with zero attached hydrogens (tertiary/aromatic N) is 1. The van der Waals surface area contributed by atoms with Crippen molar-refractivity contribution in [3.05, 3.63) is 23.8 Å². The SMILES string of the molecule is CN1CCOc2cc(C(N)CCO)ccc21. The van der Waals surface area contributed by atoms with Crippen LogP contribution in [0.1, 0.15) is 18.0 Å². The molecule has 0 fully saturated rings. The molecule has 1 heterocycles. The average molecular weight is 222 g/mol. The summed E-state index contributed by atoms with van der Waals surface area (Å²) in [6, 6.07) is 5.89. The second-order valence-electron chi connectivity index (χ2n) is 4.12. The molecule has 1 aliphatic heterocycles. The largest absolute Gasteiger partial charge is 0.490 e. The summed E-state index contributed by atoms with van der Waals surface area (Å²) in [4.78, 5) is 2.17. The Bertz CT molecular complexity index is 368. The first-order valence-corrected chi connectivity index (χ1v) is 5.56. The van der Waals surface area contributed by atoms with Gasteiger partial charge in [-0.2, -0.15) is 0 Å². The first-order valence-electron chi connectivity index (χ1n) is 5.56. The lowest BCUT2D eigenvalue weighted by Gasteiger charge is -2.28. The van der Waals surface area contributed by atoms with Gasteiger partial charge in [0.05, 0.1) is 12.2 Å². The maximum absolute atomic E-state index is 8.86. The van der Waals surface area contributed by atoms with E-state index in [0.717, 1.165) is 23.5 Å². The van der Waals surface area contributed by atoms with Crippen LogP contribution in [0.4, 0.5) is 5.69 Å². The molecule has 88 valence electrons. The standard InChI is InChI=1S/C12H18N2O2/c1-14-5-7-16-12-8-9(2-3-11(12)14)10(13)4-6-15/h2-3,8,10,15H,4-7,13H2,1H3. The highest BCUT2D eigenvalue weighted by molar-refractivity contribution is 5.60. The molecule has 0 radical (unpaired) electrons. The molecule has 3 N–H and O–H groups in total. The second-order valence-corrected chi connectivity index (χ2v) is 4.12. The number of hydrogen-bond acceptors (Lipinski definition) is 4. The molecule has 1 aliphatic rings. The van der Waals surface area contributed by atoms with E-state index in [-0.39, 0.29) is 12.6 Å². The van der Waals surface area contributed by atoms with Crippen LogP contribution in [-0.4, -0.2) is 31.9 Å². The number of likely N-dealkylation sites (N-methyl/N-ethyl adjacent to an activating group) is 1. The van der Waals surface area contributed by atoms with Gasteiger partial charge in [0, 0.05) is 19.7 Å². The minimum atomic E-state index is -0.119. The zero-order valence-corrected chi connectivity index (χ0v) is 9.52. The summed E-state index contributed by atoms with van der Waals surface area (Å²) in [5.74, 6) is 0.889. The topological polar surface area (TPSA) is 58.7 Å². The van der Waals surface area contributed by atoms with Crippen LogP contribution in [0.3, 0.4) is 0 Å². The first-order chi connectivity index (χ1) is 7.72. The fourth-order valence-corrected chi connectivity index (χ4v) is 1.91. The molecule has 0 bridgehead atoms. The van der Waals surface area contributed by atoms with E-state index in [0.29, 0.717) is 13.0 Å². The Kier molecular flexibility index (Phi) is 3.31. The molecular formula is C12H18N2O2. The molecule has 1 unspecified atom stereocenters. The Morgan fingerprint density at radius 2 is 2.38 bits per heavy atom. The van der Waals surface area contributed by atoms with E-state index in [9.17, 15) is 0 Å². The molecule has 0 saturated heterocycles. The molecule has 2 rings (SSSR count). The van der Waals surface area contributed by atoms with Crippen LogP contribution in [0, 0.1) is 0 Å². The molecule has 0 spiro atoms. The normalized spacial score (nSPS) is 16.6. The van der Waals surface area contributed by atoms with Gasteiger partial charge in [0.15, 0.2) is 0 Å². The van der Waals surface area contributed by atoms with E-state index in [1.54, 1.807) is 0 Å². The summed E-state index contributed by atoms with van der Waals surface area (Å²) in [6.07, 6.45) is 0.578. The number of aliphatic hydroxyl groups excluding tert-OH is 1. The molecule has 1 atom stereocenters. The summed E-state index contributed by atoms with van der Waals surface area (Å²) in [5, 5.41) is 8.86. The Hall–Kier alpha value is -1.26. The van der Waals surface area contributed by atoms with Gasteiger partial charge in [-0.25, -0.2) is 0 Å². The summed E-state index contributed by atoms with van der Waals surface area (Å²) in [7, 11) is 2.05. The van der Waals surface area contributed by atoms with Gasteiger partial charge in [-0.15, -0.1) is 0 Å². The van der Waals surface area contributed by atoms with E-state index >= 15 is 0 Å². The first kappa shape index (κ1) is 11.2. The lowest BCUT2D eigenvalue weighted by atomic mass is 10.0. The molecular weight excluding hydrogens is 204 g/mol. The van der Waals surface area contributed by atoms with E-state index in [2.05, 4.69) is 11.9 Å². The van der Waals surface area contributed by atoms with Gasteiger partial charge in [0.25, 0.3) is 0 Å². The van der Waals surface area contributed by atoms with Gasteiger partial charge in [-0.1, -0.05) is 6.07 Å². The van der Waals surface area contributed by atoms with Gasteiger partial charge < -0.3 is 20.5 Å². The van der Waals surface area contributed by atoms with Crippen LogP contribution >= 0.6 is 0 Å². The maximum atomic E-state index is 8.86. The van der Waals surface area contributed by atoms with Crippen LogP contribution in [0.15, 0.2) is 18.2 Å². The lowest BCUT2D eigenvalue weighted by Crippen LogP contribution is -2.29. The Labute approximate surface area is 95.6 Å². The maximum Gasteiger partial charge on any atom is 0.143 e. The lowest BCUT2D eigenvalue weighted by molar-refractivity contribution is 0.276. The van der Waals surface area contributed by atoms with Crippen LogP contribution in [0.5, 0.6) is 5.75 Å². The molecule has 0 aliphatic carbocycles. The summed E-state index contributed by atoms with van der Waals surface area (Å²) >= 11 is 0. The van der Waals surface area contributed by atoms with E-state index in [1.807, 2.05) is 18.2 Å². The van der Waals surface area contributed by atoms with Gasteiger partial charge in [0.1, 0.15) is 12.4 Å². The third-order valence-electron chi connectivity index (χ3n) is 2.95. The van der Waals surface area contributed by atoms with Gasteiger partial charge in [-0.05, 0) is 24.1 Å². The van der Waals surface area contributed by atoms with Crippen molar-refractivity contribution in [1.82, 2.24) is 0 Å². The summed E-state index contributed by atoms with van der Waals surface area (Å²) in [6.45, 7) is 1.73. The zero-order chi connectivity index (χ0) is 11.5. The van der Waals surface area contributed by atoms with Crippen molar-refractivity contribution in [2.45, 2.75) is 12.5 Å². The van der Waals surface area contributed by atoms with Crippen LogP contribution in [0.2, 0.25) is 0 Å². The third kappa shape index (κ3) is 2.13. The van der Waals surface area contributed by atoms with Crippen molar-refractivity contribution < 1.29 is 9.84 Å². The van der Waals surface area contributed by atoms with Crippen molar-refractivity contribution in [2.75, 3.05) is 31.7 Å². The predicted octanol–water partition coefficient (Wildman–Crippen LogP) is 0.897. The van der Waals surface area contributed by atoms with Crippen LogP contribution < -0.4 is 15.4 Å². The minimum Gasteiger partial charge on any atom is -0.490 e. The average Bonchev–Trinajstić information content (AvgIpc) is 2.29. The van der Waals surface area contributed by atoms with Crippen molar-refractivity contribution in [3.8, 4) is 5.75 Å². The van der Waals surface area contributed by atoms with Gasteiger partial charge in [0.2, 0.25) is 0 Å². The molecule has 4 nitrogen and oxygen atoms in total. The minimum absolute atomic E-state index is 0.110. The number of fused-ring (bicyclic) bond motifs is 1. The fraction of sp³-hybridized carbons (Fsp3) is 0.500. The highest BCUT2D eigenvalue weighted by Crippen LogP contribution is 2.33. The fourth-order valence-electron chi connectivity index (χ4n) is 1.91. The van der Waals surface area contributed by atoms with E-state index in [1.165, 1.54) is 0 Å². The van der Waals surface area contributed by atoms with Crippen molar-refractivity contribution in [2.24, 2.45) is 5.73 Å². The Balaban J connectivity index is 2.24. The molecule has 4 heteroatoms. The smallest absolute Gasteiger partial charge is 0.143 e. The third-order valence-corrected chi connectivity index (χ3v) is 2.95. The highest BCUT2D eigenvalue weighted by atomic mass is 16.5. The number of aliphatic hydroxyl groups is 1. The number of ether oxygens (including phenoxy) is 1. The van der Waals surface area contributed by atoms with Crippen LogP contribution in [-0.2, 0) is 0 Å². The molecule has 1 aromatic carbocycles. The van der Waals surface area contributed by atoms with E-state index in [4.69, 9.17) is 15.6 Å². The number of benzene rings is 1. The quantitative estimate of drug-likeness (QED) is 0.797. The number of nitrogens with two attached hydrogens (primary N) is 1. The summed E-state index contributed by atoms with van der Waals surface area (Å²) < 4.78 is 5.60. The van der Waals surface area contributed by atoms with Gasteiger partial charge in [-0.3, -0.25) is 0 Å². The van der Waals surface area contributed by atoms with Crippen molar-refractivity contribution in [3.63, 3.8) is 0 Å².